The van der Waals surface area contributed by atoms with E-state index in [2.05, 4.69) is 6.58 Å². The van der Waals surface area contributed by atoms with Crippen molar-refractivity contribution in [1.29, 1.82) is 5.26 Å². The van der Waals surface area contributed by atoms with Crippen LogP contribution < -0.4 is 0 Å². The van der Waals surface area contributed by atoms with E-state index in [0.717, 1.165) is 0 Å². The van der Waals surface area contributed by atoms with Crippen LogP contribution in [0, 0.1) is 11.3 Å². The fourth-order valence-electron chi connectivity index (χ4n) is 0.115. The van der Waals surface area contributed by atoms with Crippen LogP contribution in [0.3, 0.4) is 0 Å². The highest BCUT2D eigenvalue weighted by molar-refractivity contribution is 6.26. The Labute approximate surface area is 47.5 Å². The topological polar surface area (TPSA) is 23.8 Å². The van der Waals surface area contributed by atoms with Crippen LogP contribution in [-0.4, -0.2) is 0 Å². The summed E-state index contributed by atoms with van der Waals surface area (Å²) in [6, 6.07) is 1.81. The van der Waals surface area contributed by atoms with E-state index < -0.39 is 0 Å². The van der Waals surface area contributed by atoms with Crippen molar-refractivity contribution in [2.75, 3.05) is 0 Å². The lowest BCUT2D eigenvalue weighted by Crippen LogP contribution is -1.61. The first-order valence-corrected chi connectivity index (χ1v) is 2.11. The molecule has 0 bridgehead atoms. The number of nitriles is 1. The lowest BCUT2D eigenvalue weighted by atomic mass is 10.3. The van der Waals surface area contributed by atoms with Gasteiger partial charge in [-0.15, -0.1) is 0 Å². The molecule has 0 fully saturated rings. The Hall–Kier alpha value is -0.740. The second kappa shape index (κ2) is 3.45. The summed E-state index contributed by atoms with van der Waals surface area (Å²) in [4.78, 5) is 0. The summed E-state index contributed by atoms with van der Waals surface area (Å²) in [6.45, 7) is 3.33. The summed E-state index contributed by atoms with van der Waals surface area (Å²) in [5.74, 6) is 0. The van der Waals surface area contributed by atoms with Gasteiger partial charge in [0.1, 0.15) is 6.07 Å². The van der Waals surface area contributed by atoms with Gasteiger partial charge in [0, 0.05) is 5.54 Å². The maximum atomic E-state index is 8.05. The molecule has 0 N–H and O–H groups in total. The van der Waals surface area contributed by atoms with Crippen LogP contribution in [0.5, 0.6) is 0 Å². The Morgan fingerprint density at radius 3 is 2.43 bits per heavy atom. The zero-order valence-corrected chi connectivity index (χ0v) is 4.44. The van der Waals surface area contributed by atoms with Crippen LogP contribution in [0.2, 0.25) is 0 Å². The fourth-order valence-corrected chi connectivity index (χ4v) is 0.252. The van der Waals surface area contributed by atoms with Crippen molar-refractivity contribution in [3.05, 3.63) is 23.8 Å². The molecule has 0 aliphatic rings. The third-order valence-electron chi connectivity index (χ3n) is 0.467. The van der Waals surface area contributed by atoms with Crippen LogP contribution in [0.25, 0.3) is 0 Å². The largest absolute Gasteiger partial charge is 0.192 e. The van der Waals surface area contributed by atoms with Crippen molar-refractivity contribution in [3.63, 3.8) is 0 Å². The van der Waals surface area contributed by atoms with Gasteiger partial charge in [0.15, 0.2) is 0 Å². The molecular weight excluding hydrogens is 110 g/mol. The van der Waals surface area contributed by atoms with Gasteiger partial charge in [0.2, 0.25) is 0 Å². The molecule has 0 aliphatic heterocycles. The monoisotopic (exact) mass is 113 g/mol. The number of rotatable bonds is 1. The lowest BCUT2D eigenvalue weighted by molar-refractivity contribution is 1.51. The fraction of sp³-hybridized carbons (Fsp3) is 0. The van der Waals surface area contributed by atoms with Gasteiger partial charge in [-0.25, -0.2) is 0 Å². The lowest BCUT2D eigenvalue weighted by Gasteiger charge is -1.73. The summed E-state index contributed by atoms with van der Waals surface area (Å²) < 4.78 is 0. The zero-order chi connectivity index (χ0) is 5.70. The SMILES string of the molecule is C=C/C(C#N)=C/Cl. The van der Waals surface area contributed by atoms with E-state index >= 15 is 0 Å². The predicted molar refractivity (Wildman–Crippen MR) is 29.7 cm³/mol. The quantitative estimate of drug-likeness (QED) is 0.376. The van der Waals surface area contributed by atoms with Crippen molar-refractivity contribution < 1.29 is 0 Å². The molecule has 0 unspecified atom stereocenters. The molecule has 1 nitrogen and oxygen atoms in total. The van der Waals surface area contributed by atoms with Crippen molar-refractivity contribution >= 4 is 11.6 Å². The Bertz CT molecular complexity index is 130. The smallest absolute Gasteiger partial charge is 0.100 e. The molecule has 36 valence electrons. The van der Waals surface area contributed by atoms with Crippen molar-refractivity contribution in [3.8, 4) is 6.07 Å². The van der Waals surface area contributed by atoms with Gasteiger partial charge in [-0.05, 0) is 0 Å². The Kier molecular flexibility index (Phi) is 3.09. The highest BCUT2D eigenvalue weighted by Crippen LogP contribution is 1.93. The first-order chi connectivity index (χ1) is 3.35. The molecule has 0 rings (SSSR count). The average Bonchev–Trinajstić information content (AvgIpc) is 1.72. The number of halogens is 1. The van der Waals surface area contributed by atoms with E-state index in [1.807, 2.05) is 6.07 Å². The highest BCUT2D eigenvalue weighted by atomic mass is 35.5. The second-order valence-electron chi connectivity index (χ2n) is 0.880. The standard InChI is InChI=1S/C5H4ClN/c1-2-5(3-6)4-7/h2-3H,1H2/b5-3-. The van der Waals surface area contributed by atoms with E-state index in [1.54, 1.807) is 0 Å². The molecule has 0 spiro atoms. The molecule has 0 atom stereocenters. The Balaban J connectivity index is 3.94. The first-order valence-electron chi connectivity index (χ1n) is 1.68. The summed E-state index contributed by atoms with van der Waals surface area (Å²) >= 11 is 5.11. The number of hydrogen-bond acceptors (Lipinski definition) is 1. The Morgan fingerprint density at radius 1 is 1.86 bits per heavy atom. The van der Waals surface area contributed by atoms with Gasteiger partial charge in [0.05, 0.1) is 5.57 Å². The van der Waals surface area contributed by atoms with E-state index in [1.165, 1.54) is 11.6 Å². The Morgan fingerprint density at radius 2 is 2.43 bits per heavy atom. The van der Waals surface area contributed by atoms with E-state index in [0.29, 0.717) is 5.57 Å². The molecule has 0 aromatic rings. The second-order valence-corrected chi connectivity index (χ2v) is 1.10. The third kappa shape index (κ3) is 2.02. The molecule has 7 heavy (non-hydrogen) atoms. The van der Waals surface area contributed by atoms with Gasteiger partial charge in [0.25, 0.3) is 0 Å². The number of nitrogens with zero attached hydrogens (tertiary/aromatic N) is 1. The summed E-state index contributed by atoms with van der Waals surface area (Å²) in [7, 11) is 0. The van der Waals surface area contributed by atoms with Crippen LogP contribution in [0.4, 0.5) is 0 Å². The summed E-state index contributed by atoms with van der Waals surface area (Å²) in [5, 5.41) is 8.05. The van der Waals surface area contributed by atoms with Gasteiger partial charge < -0.3 is 0 Å². The van der Waals surface area contributed by atoms with Crippen LogP contribution in [0.1, 0.15) is 0 Å². The zero-order valence-electron chi connectivity index (χ0n) is 3.69. The highest BCUT2D eigenvalue weighted by Gasteiger charge is 1.78. The van der Waals surface area contributed by atoms with Gasteiger partial charge in [-0.1, -0.05) is 24.3 Å². The average molecular weight is 114 g/mol. The molecule has 2 heteroatoms. The normalized spacial score (nSPS) is 10.0. The molecule has 0 aliphatic carbocycles. The van der Waals surface area contributed by atoms with Crippen molar-refractivity contribution in [1.82, 2.24) is 0 Å². The minimum atomic E-state index is 0.390. The maximum Gasteiger partial charge on any atom is 0.100 e. The van der Waals surface area contributed by atoms with Crippen LogP contribution in [-0.2, 0) is 0 Å². The number of hydrogen-bond donors (Lipinski definition) is 0. The van der Waals surface area contributed by atoms with Gasteiger partial charge in [-0.3, -0.25) is 0 Å². The van der Waals surface area contributed by atoms with Crippen LogP contribution in [0.15, 0.2) is 23.8 Å². The van der Waals surface area contributed by atoms with E-state index in [-0.39, 0.29) is 0 Å². The predicted octanol–water partition coefficient (Wildman–Crippen LogP) is 1.82. The van der Waals surface area contributed by atoms with Gasteiger partial charge in [-0.2, -0.15) is 5.26 Å². The van der Waals surface area contributed by atoms with Crippen LogP contribution >= 0.6 is 11.6 Å². The molecular formula is C5H4ClN. The van der Waals surface area contributed by atoms with E-state index in [4.69, 9.17) is 16.9 Å². The number of allylic oxidation sites excluding steroid dienone is 2. The van der Waals surface area contributed by atoms with E-state index in [9.17, 15) is 0 Å². The first kappa shape index (κ1) is 6.26. The molecule has 0 radical (unpaired) electrons. The van der Waals surface area contributed by atoms with Crippen molar-refractivity contribution in [2.24, 2.45) is 0 Å². The minimum Gasteiger partial charge on any atom is -0.192 e. The third-order valence-corrected chi connectivity index (χ3v) is 0.702. The molecule has 0 saturated carbocycles. The van der Waals surface area contributed by atoms with Crippen molar-refractivity contribution in [2.45, 2.75) is 0 Å². The minimum absolute atomic E-state index is 0.390. The molecule has 0 saturated heterocycles. The summed E-state index contributed by atoms with van der Waals surface area (Å²) in [5.41, 5.74) is 1.58. The van der Waals surface area contributed by atoms with Gasteiger partial charge >= 0.3 is 0 Å². The molecule has 0 amide bonds. The summed E-state index contributed by atoms with van der Waals surface area (Å²) in [6.07, 6.45) is 1.40. The molecule has 0 aromatic heterocycles. The molecule has 0 heterocycles. The molecule has 0 aromatic carbocycles. The maximum absolute atomic E-state index is 8.05.